The van der Waals surface area contributed by atoms with Gasteiger partial charge in [0, 0.05) is 18.8 Å². The maximum atomic E-state index is 3.49. The van der Waals surface area contributed by atoms with Crippen LogP contribution in [-0.4, -0.2) is 43.3 Å². The zero-order valence-corrected chi connectivity index (χ0v) is 8.77. The van der Waals surface area contributed by atoms with E-state index in [1.165, 1.54) is 5.69 Å². The first kappa shape index (κ1) is 9.49. The van der Waals surface area contributed by atoms with E-state index in [-0.39, 0.29) is 0 Å². The molecule has 0 spiro atoms. The van der Waals surface area contributed by atoms with E-state index in [0.29, 0.717) is 6.29 Å². The largest absolute Gasteiger partial charge is 0.357 e. The Morgan fingerprint density at radius 2 is 1.64 bits per heavy atom. The lowest BCUT2D eigenvalue weighted by molar-refractivity contribution is 0.217. The van der Waals surface area contributed by atoms with Crippen LogP contribution in [0.3, 0.4) is 0 Å². The number of likely N-dealkylation sites (N-methyl/N-ethyl adjacent to an activating group) is 2. The van der Waals surface area contributed by atoms with Crippen molar-refractivity contribution in [2.45, 2.75) is 6.29 Å². The topological polar surface area (TPSA) is 18.5 Å². The molecule has 0 aromatic heterocycles. The van der Waals surface area contributed by atoms with Crippen molar-refractivity contribution in [2.24, 2.45) is 0 Å². The summed E-state index contributed by atoms with van der Waals surface area (Å²) < 4.78 is 0. The van der Waals surface area contributed by atoms with Gasteiger partial charge in [0.25, 0.3) is 0 Å². The van der Waals surface area contributed by atoms with Crippen LogP contribution in [0.2, 0.25) is 0 Å². The second-order valence-corrected chi connectivity index (χ2v) is 3.85. The molecule has 1 aliphatic rings. The van der Waals surface area contributed by atoms with Crippen molar-refractivity contribution in [1.29, 1.82) is 0 Å². The Labute approximate surface area is 85.3 Å². The summed E-state index contributed by atoms with van der Waals surface area (Å²) >= 11 is 0. The molecule has 0 bridgehead atoms. The molecular weight excluding hydrogens is 174 g/mol. The first-order chi connectivity index (χ1) is 6.77. The predicted octanol–water partition coefficient (Wildman–Crippen LogP) is 1.26. The summed E-state index contributed by atoms with van der Waals surface area (Å²) in [7, 11) is 4.29. The number of para-hydroxylation sites is 1. The second-order valence-electron chi connectivity index (χ2n) is 3.85. The molecule has 1 fully saturated rings. The van der Waals surface area contributed by atoms with E-state index in [9.17, 15) is 0 Å². The molecule has 0 saturated carbocycles. The molecule has 2 rings (SSSR count). The van der Waals surface area contributed by atoms with E-state index in [1.807, 2.05) is 6.07 Å². The highest BCUT2D eigenvalue weighted by molar-refractivity contribution is 5.43. The molecule has 14 heavy (non-hydrogen) atoms. The highest BCUT2D eigenvalue weighted by Crippen LogP contribution is 2.14. The van der Waals surface area contributed by atoms with E-state index < -0.39 is 0 Å². The van der Waals surface area contributed by atoms with Crippen LogP contribution in [-0.2, 0) is 0 Å². The predicted molar refractivity (Wildman–Crippen MR) is 59.1 cm³/mol. The number of anilines is 1. The van der Waals surface area contributed by atoms with Crippen LogP contribution in [0.25, 0.3) is 0 Å². The summed E-state index contributed by atoms with van der Waals surface area (Å²) in [5, 5.41) is 3.49. The van der Waals surface area contributed by atoms with Crippen LogP contribution >= 0.6 is 0 Å². The molecule has 0 aliphatic carbocycles. The Hall–Kier alpha value is -1.06. The van der Waals surface area contributed by atoms with Gasteiger partial charge in [-0.1, -0.05) is 18.2 Å². The number of rotatable bonds is 2. The normalized spacial score (nSPS) is 20.1. The van der Waals surface area contributed by atoms with Gasteiger partial charge in [-0.05, 0) is 26.2 Å². The van der Waals surface area contributed by atoms with Crippen molar-refractivity contribution in [3.05, 3.63) is 30.3 Å². The Kier molecular flexibility index (Phi) is 2.70. The number of benzene rings is 1. The maximum absolute atomic E-state index is 3.49. The SMILES string of the molecule is CN1CCN(C)C1Nc1ccccc1. The van der Waals surface area contributed by atoms with Crippen LogP contribution in [0.5, 0.6) is 0 Å². The molecule has 1 aromatic rings. The lowest BCUT2D eigenvalue weighted by Gasteiger charge is -2.26. The first-order valence-corrected chi connectivity index (χ1v) is 4.99. The summed E-state index contributed by atoms with van der Waals surface area (Å²) in [5.41, 5.74) is 1.18. The highest BCUT2D eigenvalue weighted by atomic mass is 15.5. The fourth-order valence-electron chi connectivity index (χ4n) is 1.80. The summed E-state index contributed by atoms with van der Waals surface area (Å²) in [4.78, 5) is 4.62. The van der Waals surface area contributed by atoms with Gasteiger partial charge >= 0.3 is 0 Å². The average molecular weight is 191 g/mol. The fraction of sp³-hybridized carbons (Fsp3) is 0.455. The van der Waals surface area contributed by atoms with Crippen molar-refractivity contribution < 1.29 is 0 Å². The van der Waals surface area contributed by atoms with Crippen LogP contribution < -0.4 is 5.32 Å². The fourth-order valence-corrected chi connectivity index (χ4v) is 1.80. The van der Waals surface area contributed by atoms with E-state index in [0.717, 1.165) is 13.1 Å². The molecule has 0 radical (unpaired) electrons. The molecule has 1 heterocycles. The van der Waals surface area contributed by atoms with Crippen molar-refractivity contribution in [1.82, 2.24) is 9.80 Å². The minimum Gasteiger partial charge on any atom is -0.357 e. The van der Waals surface area contributed by atoms with Crippen LogP contribution in [0.4, 0.5) is 5.69 Å². The van der Waals surface area contributed by atoms with Crippen molar-refractivity contribution >= 4 is 5.69 Å². The van der Waals surface area contributed by atoms with Crippen molar-refractivity contribution in [2.75, 3.05) is 32.5 Å². The van der Waals surface area contributed by atoms with Gasteiger partial charge in [0.15, 0.2) is 0 Å². The lowest BCUT2D eigenvalue weighted by Crippen LogP contribution is -2.41. The zero-order chi connectivity index (χ0) is 9.97. The first-order valence-electron chi connectivity index (χ1n) is 4.99. The molecule has 1 aromatic carbocycles. The quantitative estimate of drug-likeness (QED) is 0.759. The van der Waals surface area contributed by atoms with Crippen LogP contribution in [0.15, 0.2) is 30.3 Å². The van der Waals surface area contributed by atoms with Gasteiger partial charge in [0.2, 0.25) is 0 Å². The van der Waals surface area contributed by atoms with E-state index >= 15 is 0 Å². The zero-order valence-electron chi connectivity index (χ0n) is 8.77. The van der Waals surface area contributed by atoms with Crippen molar-refractivity contribution in [3.8, 4) is 0 Å². The van der Waals surface area contributed by atoms with E-state index in [1.54, 1.807) is 0 Å². The summed E-state index contributed by atoms with van der Waals surface area (Å²) in [6, 6.07) is 10.3. The monoisotopic (exact) mass is 191 g/mol. The smallest absolute Gasteiger partial charge is 0.137 e. The molecule has 3 heteroatoms. The Bertz CT molecular complexity index is 276. The van der Waals surface area contributed by atoms with Crippen LogP contribution in [0.1, 0.15) is 0 Å². The minimum atomic E-state index is 0.331. The van der Waals surface area contributed by atoms with Gasteiger partial charge in [-0.2, -0.15) is 0 Å². The van der Waals surface area contributed by atoms with E-state index in [4.69, 9.17) is 0 Å². The number of nitrogens with zero attached hydrogens (tertiary/aromatic N) is 2. The Balaban J connectivity index is 2.04. The van der Waals surface area contributed by atoms with Gasteiger partial charge in [-0.25, -0.2) is 0 Å². The number of nitrogens with one attached hydrogen (secondary N) is 1. The molecule has 0 unspecified atom stereocenters. The summed E-state index contributed by atoms with van der Waals surface area (Å²) in [6.45, 7) is 2.25. The third kappa shape index (κ3) is 1.89. The lowest BCUT2D eigenvalue weighted by atomic mass is 10.3. The molecule has 76 valence electrons. The molecule has 3 nitrogen and oxygen atoms in total. The molecule has 1 saturated heterocycles. The van der Waals surface area contributed by atoms with Crippen LogP contribution in [0, 0.1) is 0 Å². The summed E-state index contributed by atoms with van der Waals surface area (Å²) in [6.07, 6.45) is 0.331. The maximum Gasteiger partial charge on any atom is 0.137 e. The third-order valence-corrected chi connectivity index (χ3v) is 2.71. The molecule has 0 amide bonds. The molecule has 1 aliphatic heterocycles. The Morgan fingerprint density at radius 3 is 2.21 bits per heavy atom. The van der Waals surface area contributed by atoms with Crippen molar-refractivity contribution in [3.63, 3.8) is 0 Å². The standard InChI is InChI=1S/C11H17N3/c1-13-8-9-14(2)11(13)12-10-6-4-3-5-7-10/h3-7,11-12H,8-9H2,1-2H3. The van der Waals surface area contributed by atoms with Gasteiger partial charge < -0.3 is 5.32 Å². The van der Waals surface area contributed by atoms with E-state index in [2.05, 4.69) is 53.5 Å². The molecule has 1 N–H and O–H groups in total. The van der Waals surface area contributed by atoms with Gasteiger partial charge in [0.1, 0.15) is 6.29 Å². The van der Waals surface area contributed by atoms with Gasteiger partial charge in [0.05, 0.1) is 0 Å². The minimum absolute atomic E-state index is 0.331. The average Bonchev–Trinajstić information content (AvgIpc) is 2.51. The highest BCUT2D eigenvalue weighted by Gasteiger charge is 2.25. The molecular formula is C11H17N3. The van der Waals surface area contributed by atoms with Gasteiger partial charge in [-0.15, -0.1) is 0 Å². The van der Waals surface area contributed by atoms with Gasteiger partial charge in [-0.3, -0.25) is 9.80 Å². The number of hydrogen-bond donors (Lipinski definition) is 1. The number of hydrogen-bond acceptors (Lipinski definition) is 3. The summed E-state index contributed by atoms with van der Waals surface area (Å²) in [5.74, 6) is 0. The third-order valence-electron chi connectivity index (χ3n) is 2.71. The molecule has 0 atom stereocenters. The Morgan fingerprint density at radius 1 is 1.07 bits per heavy atom. The second kappa shape index (κ2) is 3.98.